The highest BCUT2D eigenvalue weighted by atomic mass is 32.2. The van der Waals surface area contributed by atoms with Crippen molar-refractivity contribution in [2.75, 3.05) is 19.9 Å². The van der Waals surface area contributed by atoms with Crippen LogP contribution < -0.4 is 5.32 Å². The van der Waals surface area contributed by atoms with Crippen LogP contribution in [0.5, 0.6) is 0 Å². The lowest BCUT2D eigenvalue weighted by Gasteiger charge is -2.12. The van der Waals surface area contributed by atoms with Gasteiger partial charge in [0.15, 0.2) is 5.16 Å². The molecule has 0 aliphatic heterocycles. The van der Waals surface area contributed by atoms with Crippen molar-refractivity contribution >= 4 is 17.7 Å². The van der Waals surface area contributed by atoms with Crippen molar-refractivity contribution in [2.24, 2.45) is 7.05 Å². The lowest BCUT2D eigenvalue weighted by molar-refractivity contribution is -0.142. The largest absolute Gasteiger partial charge is 0.468 e. The first-order valence-corrected chi connectivity index (χ1v) is 5.39. The van der Waals surface area contributed by atoms with Gasteiger partial charge in [-0.1, -0.05) is 11.8 Å². The van der Waals surface area contributed by atoms with Gasteiger partial charge in [0.2, 0.25) is 0 Å². The minimum atomic E-state index is -0.322. The molecule has 0 aliphatic rings. The molecule has 0 aromatic carbocycles. The molecule has 1 unspecified atom stereocenters. The molecule has 1 heterocycles. The third-order valence-corrected chi connectivity index (χ3v) is 3.01. The van der Waals surface area contributed by atoms with Gasteiger partial charge in [0.1, 0.15) is 12.4 Å². The van der Waals surface area contributed by atoms with Gasteiger partial charge in [-0.2, -0.15) is 0 Å². The lowest BCUT2D eigenvalue weighted by Crippen LogP contribution is -2.37. The van der Waals surface area contributed by atoms with Gasteiger partial charge >= 0.3 is 5.97 Å². The van der Waals surface area contributed by atoms with Gasteiger partial charge in [-0.15, -0.1) is 10.2 Å². The Kier molecular flexibility index (Phi) is 4.57. The average Bonchev–Trinajstić information content (AvgIpc) is 2.65. The molecule has 0 aliphatic carbocycles. The van der Waals surface area contributed by atoms with Gasteiger partial charge in [-0.05, 0) is 7.05 Å². The number of carbonyl (C=O) groups is 1. The fraction of sp³-hybridized carbons (Fsp3) is 0.625. The zero-order chi connectivity index (χ0) is 11.3. The Morgan fingerprint density at radius 3 is 3.00 bits per heavy atom. The van der Waals surface area contributed by atoms with Crippen LogP contribution in [0.25, 0.3) is 0 Å². The minimum absolute atomic E-state index is 0.271. The van der Waals surface area contributed by atoms with Gasteiger partial charge in [0, 0.05) is 12.8 Å². The summed E-state index contributed by atoms with van der Waals surface area (Å²) in [5.74, 6) is 0.294. The van der Waals surface area contributed by atoms with E-state index in [9.17, 15) is 4.79 Å². The summed E-state index contributed by atoms with van der Waals surface area (Å²) in [5, 5.41) is 11.3. The highest BCUT2D eigenvalue weighted by Gasteiger charge is 2.17. The summed E-state index contributed by atoms with van der Waals surface area (Å²) in [7, 11) is 4.95. The average molecular weight is 230 g/mol. The van der Waals surface area contributed by atoms with Crippen molar-refractivity contribution in [2.45, 2.75) is 11.2 Å². The molecule has 0 saturated carbocycles. The number of carbonyl (C=O) groups excluding carboxylic acids is 1. The van der Waals surface area contributed by atoms with Crippen LogP contribution in [0.3, 0.4) is 0 Å². The van der Waals surface area contributed by atoms with E-state index in [2.05, 4.69) is 20.3 Å². The number of hydrogen-bond acceptors (Lipinski definition) is 6. The molecular weight excluding hydrogens is 216 g/mol. The lowest BCUT2D eigenvalue weighted by atomic mass is 10.3. The molecule has 1 N–H and O–H groups in total. The monoisotopic (exact) mass is 230 g/mol. The molecule has 6 nitrogen and oxygen atoms in total. The van der Waals surface area contributed by atoms with Crippen LogP contribution in [-0.4, -0.2) is 46.7 Å². The van der Waals surface area contributed by atoms with Crippen molar-refractivity contribution in [3.8, 4) is 0 Å². The van der Waals surface area contributed by atoms with Gasteiger partial charge in [-0.25, -0.2) is 0 Å². The number of nitrogens with one attached hydrogen (secondary N) is 1. The number of aromatic nitrogens is 3. The molecule has 15 heavy (non-hydrogen) atoms. The SMILES string of the molecule is CNC(CSc1nncn1C)C(=O)OC. The number of likely N-dealkylation sites (N-methyl/N-ethyl adjacent to an activating group) is 1. The summed E-state index contributed by atoms with van der Waals surface area (Å²) in [6.07, 6.45) is 1.62. The third-order valence-electron chi connectivity index (χ3n) is 1.88. The molecule has 0 amide bonds. The topological polar surface area (TPSA) is 69.0 Å². The predicted molar refractivity (Wildman–Crippen MR) is 56.6 cm³/mol. The van der Waals surface area contributed by atoms with Crippen molar-refractivity contribution in [3.05, 3.63) is 6.33 Å². The standard InChI is InChI=1S/C8H14N4O2S/c1-9-6(7(13)14-3)4-15-8-11-10-5-12(8)2/h5-6,9H,4H2,1-3H3. The van der Waals surface area contributed by atoms with E-state index in [1.165, 1.54) is 18.9 Å². The Hall–Kier alpha value is -1.08. The molecular formula is C8H14N4O2S. The Labute approximate surface area is 92.4 Å². The molecule has 7 heteroatoms. The summed E-state index contributed by atoms with van der Waals surface area (Å²) in [5.41, 5.74) is 0. The van der Waals surface area contributed by atoms with E-state index in [4.69, 9.17) is 0 Å². The Bertz CT molecular complexity index is 328. The number of rotatable bonds is 5. The number of nitrogens with zero attached hydrogens (tertiary/aromatic N) is 3. The van der Waals surface area contributed by atoms with Crippen LogP contribution in [0.15, 0.2) is 11.5 Å². The summed E-state index contributed by atoms with van der Waals surface area (Å²) < 4.78 is 6.45. The summed E-state index contributed by atoms with van der Waals surface area (Å²) >= 11 is 1.46. The maximum atomic E-state index is 11.2. The zero-order valence-electron chi connectivity index (χ0n) is 8.93. The molecule has 0 fully saturated rings. The van der Waals surface area contributed by atoms with Crippen LogP contribution in [0, 0.1) is 0 Å². The Morgan fingerprint density at radius 1 is 1.80 bits per heavy atom. The normalized spacial score (nSPS) is 12.5. The number of esters is 1. The molecule has 1 aromatic rings. The number of methoxy groups -OCH3 is 1. The van der Waals surface area contributed by atoms with Crippen molar-refractivity contribution < 1.29 is 9.53 Å². The zero-order valence-corrected chi connectivity index (χ0v) is 9.74. The van der Waals surface area contributed by atoms with Gasteiger partial charge in [0.25, 0.3) is 0 Å². The fourth-order valence-electron chi connectivity index (χ4n) is 0.973. The molecule has 1 rings (SSSR count). The molecule has 0 saturated heterocycles. The van der Waals surface area contributed by atoms with E-state index in [0.717, 1.165) is 5.16 Å². The van der Waals surface area contributed by atoms with E-state index >= 15 is 0 Å². The number of aryl methyl sites for hydroxylation is 1. The fourth-order valence-corrected chi connectivity index (χ4v) is 1.95. The quantitative estimate of drug-likeness (QED) is 0.551. The van der Waals surface area contributed by atoms with E-state index in [-0.39, 0.29) is 12.0 Å². The Morgan fingerprint density at radius 2 is 2.53 bits per heavy atom. The van der Waals surface area contributed by atoms with Crippen LogP contribution in [0.2, 0.25) is 0 Å². The van der Waals surface area contributed by atoms with Crippen LogP contribution >= 0.6 is 11.8 Å². The smallest absolute Gasteiger partial charge is 0.323 e. The highest BCUT2D eigenvalue weighted by molar-refractivity contribution is 7.99. The van der Waals surface area contributed by atoms with Crippen LogP contribution in [0.1, 0.15) is 0 Å². The molecule has 1 atom stereocenters. The van der Waals surface area contributed by atoms with Gasteiger partial charge < -0.3 is 14.6 Å². The second-order valence-electron chi connectivity index (χ2n) is 2.90. The highest BCUT2D eigenvalue weighted by Crippen LogP contribution is 2.14. The second kappa shape index (κ2) is 5.72. The van der Waals surface area contributed by atoms with Crippen molar-refractivity contribution in [1.29, 1.82) is 0 Å². The third kappa shape index (κ3) is 3.21. The van der Waals surface area contributed by atoms with Crippen molar-refractivity contribution in [1.82, 2.24) is 20.1 Å². The second-order valence-corrected chi connectivity index (χ2v) is 3.89. The van der Waals surface area contributed by atoms with Gasteiger partial charge in [0.05, 0.1) is 7.11 Å². The molecule has 0 radical (unpaired) electrons. The predicted octanol–water partition coefficient (Wildman–Crippen LogP) is -0.332. The summed E-state index contributed by atoms with van der Waals surface area (Å²) in [6, 6.07) is -0.322. The molecule has 1 aromatic heterocycles. The number of ether oxygens (including phenoxy) is 1. The minimum Gasteiger partial charge on any atom is -0.468 e. The molecule has 84 valence electrons. The van der Waals surface area contributed by atoms with E-state index in [1.54, 1.807) is 17.9 Å². The van der Waals surface area contributed by atoms with E-state index in [1.807, 2.05) is 7.05 Å². The number of hydrogen-bond donors (Lipinski definition) is 1. The maximum Gasteiger partial charge on any atom is 0.323 e. The van der Waals surface area contributed by atoms with E-state index < -0.39 is 0 Å². The van der Waals surface area contributed by atoms with Crippen LogP contribution in [-0.2, 0) is 16.6 Å². The van der Waals surface area contributed by atoms with Crippen LogP contribution in [0.4, 0.5) is 0 Å². The maximum absolute atomic E-state index is 11.2. The number of thioether (sulfide) groups is 1. The summed E-state index contributed by atoms with van der Waals surface area (Å²) in [4.78, 5) is 11.2. The summed E-state index contributed by atoms with van der Waals surface area (Å²) in [6.45, 7) is 0. The molecule has 0 spiro atoms. The molecule has 0 bridgehead atoms. The first kappa shape index (κ1) is 12.0. The van der Waals surface area contributed by atoms with E-state index in [0.29, 0.717) is 5.75 Å². The first-order valence-electron chi connectivity index (χ1n) is 4.41. The van der Waals surface area contributed by atoms with Gasteiger partial charge in [-0.3, -0.25) is 4.79 Å². The van der Waals surface area contributed by atoms with Crippen molar-refractivity contribution in [3.63, 3.8) is 0 Å². The Balaban J connectivity index is 2.48. The first-order chi connectivity index (χ1) is 7.19.